The maximum Gasteiger partial charge on any atom is 0.280 e. The van der Waals surface area contributed by atoms with Crippen molar-refractivity contribution in [1.82, 2.24) is 4.98 Å². The molecule has 2 heterocycles. The minimum absolute atomic E-state index is 0.0227. The lowest BCUT2D eigenvalue weighted by molar-refractivity contribution is -0.385. The molecule has 0 spiro atoms. The molecule has 1 N–H and O–H groups in total. The number of fused-ring (bicyclic) bond motifs is 2. The van der Waals surface area contributed by atoms with Crippen LogP contribution >= 0.6 is 11.3 Å². The van der Waals surface area contributed by atoms with E-state index in [-0.39, 0.29) is 24.0 Å². The van der Waals surface area contributed by atoms with Crippen LogP contribution < -0.4 is 14.8 Å². The largest absolute Gasteiger partial charge is 0.454 e. The molecular formula is C16H13N3O5S. The van der Waals surface area contributed by atoms with Crippen molar-refractivity contribution in [1.29, 1.82) is 0 Å². The minimum atomic E-state index is -0.523. The molecule has 1 amide bonds. The van der Waals surface area contributed by atoms with Gasteiger partial charge >= 0.3 is 0 Å². The SMILES string of the molecule is O=C(C=Cc1cc2c(cc1[N+](=O)[O-])OCO2)Nc1nc2c(s1)CCC2. The van der Waals surface area contributed by atoms with Crippen molar-refractivity contribution in [2.24, 2.45) is 0 Å². The van der Waals surface area contributed by atoms with Crippen LogP contribution in [0.25, 0.3) is 6.08 Å². The van der Waals surface area contributed by atoms with Gasteiger partial charge in [-0.2, -0.15) is 0 Å². The number of ether oxygens (including phenoxy) is 2. The number of benzene rings is 1. The molecule has 0 bridgehead atoms. The van der Waals surface area contributed by atoms with Crippen molar-refractivity contribution in [3.05, 3.63) is 44.5 Å². The molecule has 25 heavy (non-hydrogen) atoms. The molecule has 1 aromatic heterocycles. The average molecular weight is 359 g/mol. The van der Waals surface area contributed by atoms with Crippen LogP contribution in [0.5, 0.6) is 11.5 Å². The Kier molecular flexibility index (Phi) is 3.85. The highest BCUT2D eigenvalue weighted by Gasteiger charge is 2.22. The zero-order chi connectivity index (χ0) is 17.4. The third-order valence-electron chi connectivity index (χ3n) is 3.96. The first-order valence-corrected chi connectivity index (χ1v) is 8.47. The second-order valence-electron chi connectivity index (χ2n) is 5.59. The number of aromatic nitrogens is 1. The van der Waals surface area contributed by atoms with Crippen LogP contribution in [0.15, 0.2) is 18.2 Å². The first-order chi connectivity index (χ1) is 12.1. The summed E-state index contributed by atoms with van der Waals surface area (Å²) in [7, 11) is 0. The van der Waals surface area contributed by atoms with Gasteiger partial charge in [0.15, 0.2) is 16.6 Å². The predicted molar refractivity (Wildman–Crippen MR) is 91.0 cm³/mol. The molecule has 1 aliphatic carbocycles. The molecule has 0 saturated carbocycles. The lowest BCUT2D eigenvalue weighted by atomic mass is 10.1. The van der Waals surface area contributed by atoms with E-state index >= 15 is 0 Å². The topological polar surface area (TPSA) is 104 Å². The third kappa shape index (κ3) is 3.05. The molecule has 128 valence electrons. The van der Waals surface area contributed by atoms with Gasteiger partial charge in [-0.15, -0.1) is 11.3 Å². The summed E-state index contributed by atoms with van der Waals surface area (Å²) in [6.45, 7) is 0.0227. The highest BCUT2D eigenvalue weighted by molar-refractivity contribution is 7.15. The number of nitrogens with zero attached hydrogens (tertiary/aromatic N) is 2. The van der Waals surface area contributed by atoms with Gasteiger partial charge in [-0.05, 0) is 31.4 Å². The Balaban J connectivity index is 1.52. The summed E-state index contributed by atoms with van der Waals surface area (Å²) in [6, 6.07) is 2.79. The van der Waals surface area contributed by atoms with E-state index in [1.807, 2.05) is 0 Å². The van der Waals surface area contributed by atoms with Gasteiger partial charge in [0, 0.05) is 11.0 Å². The molecule has 1 aliphatic heterocycles. The smallest absolute Gasteiger partial charge is 0.280 e. The fraction of sp³-hybridized carbons (Fsp3) is 0.250. The highest BCUT2D eigenvalue weighted by Crippen LogP contribution is 2.38. The van der Waals surface area contributed by atoms with Crippen molar-refractivity contribution >= 4 is 34.1 Å². The number of nitro groups is 1. The second kappa shape index (κ2) is 6.17. The number of nitro benzene ring substituents is 1. The van der Waals surface area contributed by atoms with Crippen LogP contribution in [0, 0.1) is 10.1 Å². The van der Waals surface area contributed by atoms with Crippen LogP contribution in [0.2, 0.25) is 0 Å². The molecule has 0 unspecified atom stereocenters. The molecular weight excluding hydrogens is 346 g/mol. The van der Waals surface area contributed by atoms with E-state index in [0.29, 0.717) is 16.6 Å². The Hall–Kier alpha value is -2.94. The molecule has 2 aliphatic rings. The van der Waals surface area contributed by atoms with Gasteiger partial charge in [0.2, 0.25) is 12.7 Å². The number of hydrogen-bond acceptors (Lipinski definition) is 7. The number of carbonyl (C=O) groups excluding carboxylic acids is 1. The van der Waals surface area contributed by atoms with Gasteiger partial charge in [0.25, 0.3) is 5.69 Å². The van der Waals surface area contributed by atoms with Gasteiger partial charge in [-0.3, -0.25) is 20.2 Å². The molecule has 2 aromatic rings. The third-order valence-corrected chi connectivity index (χ3v) is 5.03. The summed E-state index contributed by atoms with van der Waals surface area (Å²) in [5.74, 6) is 0.354. The van der Waals surface area contributed by atoms with Gasteiger partial charge in [0.05, 0.1) is 22.2 Å². The van der Waals surface area contributed by atoms with Crippen molar-refractivity contribution in [3.8, 4) is 11.5 Å². The van der Waals surface area contributed by atoms with Crippen molar-refractivity contribution < 1.29 is 19.2 Å². The summed E-state index contributed by atoms with van der Waals surface area (Å²) in [6.07, 6.45) is 5.69. The van der Waals surface area contributed by atoms with Crippen molar-refractivity contribution in [3.63, 3.8) is 0 Å². The fourth-order valence-electron chi connectivity index (χ4n) is 2.79. The van der Waals surface area contributed by atoms with Crippen molar-refractivity contribution in [2.75, 3.05) is 12.1 Å². The molecule has 0 fully saturated rings. The molecule has 0 atom stereocenters. The van der Waals surface area contributed by atoms with Gasteiger partial charge < -0.3 is 9.47 Å². The number of rotatable bonds is 4. The zero-order valence-corrected chi connectivity index (χ0v) is 13.8. The molecule has 0 saturated heterocycles. The Morgan fingerprint density at radius 2 is 2.12 bits per heavy atom. The summed E-state index contributed by atoms with van der Waals surface area (Å²) in [5, 5.41) is 14.5. The van der Waals surface area contributed by atoms with Gasteiger partial charge in [-0.25, -0.2) is 4.98 Å². The molecule has 8 nitrogen and oxygen atoms in total. The summed E-state index contributed by atoms with van der Waals surface area (Å²) >= 11 is 1.47. The van der Waals surface area contributed by atoms with Crippen LogP contribution in [0.1, 0.15) is 22.6 Å². The summed E-state index contributed by atoms with van der Waals surface area (Å²) in [5.41, 5.74) is 1.17. The zero-order valence-electron chi connectivity index (χ0n) is 13.0. The highest BCUT2D eigenvalue weighted by atomic mass is 32.1. The van der Waals surface area contributed by atoms with E-state index in [0.717, 1.165) is 25.0 Å². The van der Waals surface area contributed by atoms with E-state index in [4.69, 9.17) is 9.47 Å². The normalized spacial score (nSPS) is 14.7. The second-order valence-corrected chi connectivity index (χ2v) is 6.67. The first kappa shape index (κ1) is 15.6. The molecule has 1 aromatic carbocycles. The molecule has 0 radical (unpaired) electrons. The van der Waals surface area contributed by atoms with E-state index in [9.17, 15) is 14.9 Å². The number of anilines is 1. The Labute approximate surface area is 146 Å². The van der Waals surface area contributed by atoms with Gasteiger partial charge in [-0.1, -0.05) is 0 Å². The van der Waals surface area contributed by atoms with Gasteiger partial charge in [0.1, 0.15) is 0 Å². The standard InChI is InChI=1S/C16H13N3O5S/c20-15(18-16-17-10-2-1-3-14(10)25-16)5-4-9-6-12-13(24-8-23-12)7-11(9)19(21)22/h4-7H,1-3,8H2,(H,17,18,20). The number of thiazole rings is 1. The van der Waals surface area contributed by atoms with E-state index < -0.39 is 4.92 Å². The average Bonchev–Trinajstić information content (AvgIpc) is 3.26. The summed E-state index contributed by atoms with van der Waals surface area (Å²) < 4.78 is 10.4. The first-order valence-electron chi connectivity index (χ1n) is 7.66. The maximum absolute atomic E-state index is 12.1. The molecule has 9 heteroatoms. The Morgan fingerprint density at radius 3 is 2.88 bits per heavy atom. The number of nitrogens with one attached hydrogen (secondary N) is 1. The van der Waals surface area contributed by atoms with Crippen LogP contribution in [0.4, 0.5) is 10.8 Å². The lowest BCUT2D eigenvalue weighted by Gasteiger charge is -2.01. The van der Waals surface area contributed by atoms with E-state index in [1.54, 1.807) is 0 Å². The van der Waals surface area contributed by atoms with Crippen LogP contribution in [-0.2, 0) is 17.6 Å². The Bertz CT molecular complexity index is 884. The number of aryl methyl sites for hydroxylation is 2. The number of hydrogen-bond donors (Lipinski definition) is 1. The quantitative estimate of drug-likeness (QED) is 0.511. The fourth-order valence-corrected chi connectivity index (χ4v) is 3.85. The summed E-state index contributed by atoms with van der Waals surface area (Å²) in [4.78, 5) is 28.4. The maximum atomic E-state index is 12.1. The van der Waals surface area contributed by atoms with Crippen molar-refractivity contribution in [2.45, 2.75) is 19.3 Å². The predicted octanol–water partition coefficient (Wildman–Crippen LogP) is 2.92. The monoisotopic (exact) mass is 359 g/mol. The van der Waals surface area contributed by atoms with Crippen LogP contribution in [0.3, 0.4) is 0 Å². The van der Waals surface area contributed by atoms with E-state index in [1.165, 1.54) is 40.5 Å². The number of carbonyl (C=O) groups is 1. The minimum Gasteiger partial charge on any atom is -0.454 e. The number of amides is 1. The van der Waals surface area contributed by atoms with E-state index in [2.05, 4.69) is 10.3 Å². The molecule has 4 rings (SSSR count). The lowest BCUT2D eigenvalue weighted by Crippen LogP contribution is -2.07. The Morgan fingerprint density at radius 1 is 1.32 bits per heavy atom. The van der Waals surface area contributed by atoms with Crippen LogP contribution in [-0.4, -0.2) is 22.6 Å².